The van der Waals surface area contributed by atoms with E-state index in [1.54, 1.807) is 0 Å². The van der Waals surface area contributed by atoms with Crippen LogP contribution in [0.1, 0.15) is 32.1 Å². The van der Waals surface area contributed by atoms with Crippen LogP contribution in [0.15, 0.2) is 0 Å². The van der Waals surface area contributed by atoms with Crippen molar-refractivity contribution in [3.05, 3.63) is 0 Å². The molecule has 1 saturated carbocycles. The molecule has 2 unspecified atom stereocenters. The molecule has 19 heavy (non-hydrogen) atoms. The number of alkyl halides is 4. The van der Waals surface area contributed by atoms with Crippen molar-refractivity contribution in [3.8, 4) is 0 Å². The van der Waals surface area contributed by atoms with Gasteiger partial charge in [-0.25, -0.2) is 0 Å². The quantitative estimate of drug-likeness (QED) is 0.593. The van der Waals surface area contributed by atoms with Crippen LogP contribution in [-0.2, 0) is 9.53 Å². The maximum atomic E-state index is 11.8. The summed E-state index contributed by atoms with van der Waals surface area (Å²) in [5, 5.41) is 3.72. The average Bonchev–Trinajstić information content (AvgIpc) is 2.34. The Balaban J connectivity index is 2.19. The van der Waals surface area contributed by atoms with Gasteiger partial charge in [0.25, 0.3) is 0 Å². The number of ether oxygens (including phenoxy) is 1. The van der Waals surface area contributed by atoms with Gasteiger partial charge in [-0.2, -0.15) is 13.2 Å². The molecule has 0 heterocycles. The van der Waals surface area contributed by atoms with Crippen LogP contribution >= 0.6 is 15.9 Å². The smallest absolute Gasteiger partial charge is 0.372 e. The van der Waals surface area contributed by atoms with Crippen molar-refractivity contribution < 1.29 is 22.7 Å². The molecule has 0 aliphatic heterocycles. The number of rotatable bonds is 6. The highest BCUT2D eigenvalue weighted by molar-refractivity contribution is 9.09. The third kappa shape index (κ3) is 7.15. The molecule has 0 bridgehead atoms. The first kappa shape index (κ1) is 16.8. The van der Waals surface area contributed by atoms with Gasteiger partial charge >= 0.3 is 6.18 Å². The lowest BCUT2D eigenvalue weighted by Gasteiger charge is -2.31. The fourth-order valence-electron chi connectivity index (χ4n) is 2.21. The Kier molecular flexibility index (Phi) is 7.13. The molecular weight excluding hydrogens is 327 g/mol. The lowest BCUT2D eigenvalue weighted by molar-refractivity contribution is -0.174. The van der Waals surface area contributed by atoms with Crippen LogP contribution in [0.2, 0.25) is 0 Å². The fraction of sp³-hybridized carbons (Fsp3) is 0.917. The fourth-order valence-corrected chi connectivity index (χ4v) is 2.99. The van der Waals surface area contributed by atoms with Crippen molar-refractivity contribution in [2.75, 3.05) is 18.5 Å². The average molecular weight is 346 g/mol. The largest absolute Gasteiger partial charge is 0.411 e. The Labute approximate surface area is 119 Å². The lowest BCUT2D eigenvalue weighted by atomic mass is 9.86. The second-order valence-electron chi connectivity index (χ2n) is 4.79. The SMILES string of the molecule is O=C(CCOCC(F)(F)F)NC1CCCCC1CBr. The van der Waals surface area contributed by atoms with E-state index in [1.807, 2.05) is 0 Å². The van der Waals surface area contributed by atoms with Crippen LogP contribution in [0.4, 0.5) is 13.2 Å². The number of halogens is 4. The third-order valence-electron chi connectivity index (χ3n) is 3.19. The summed E-state index contributed by atoms with van der Waals surface area (Å²) in [6, 6.07) is 0.128. The molecule has 1 fully saturated rings. The van der Waals surface area contributed by atoms with Crippen molar-refractivity contribution in [2.45, 2.75) is 44.3 Å². The molecule has 0 radical (unpaired) electrons. The van der Waals surface area contributed by atoms with Crippen molar-refractivity contribution in [1.29, 1.82) is 0 Å². The van der Waals surface area contributed by atoms with Crippen LogP contribution in [-0.4, -0.2) is 36.7 Å². The van der Waals surface area contributed by atoms with Crippen molar-refractivity contribution >= 4 is 21.8 Å². The molecule has 0 spiro atoms. The van der Waals surface area contributed by atoms with Crippen LogP contribution in [0.3, 0.4) is 0 Å². The molecule has 1 N–H and O–H groups in total. The molecule has 0 aromatic heterocycles. The first-order chi connectivity index (χ1) is 8.92. The number of hydrogen-bond donors (Lipinski definition) is 1. The Morgan fingerprint density at radius 2 is 2.00 bits per heavy atom. The summed E-state index contributed by atoms with van der Waals surface area (Å²) in [6.07, 6.45) is -0.106. The van der Waals surface area contributed by atoms with Crippen LogP contribution in [0.25, 0.3) is 0 Å². The van der Waals surface area contributed by atoms with Crippen molar-refractivity contribution in [3.63, 3.8) is 0 Å². The molecule has 1 aliphatic carbocycles. The van der Waals surface area contributed by atoms with E-state index in [1.165, 1.54) is 0 Å². The second-order valence-corrected chi connectivity index (χ2v) is 5.44. The summed E-state index contributed by atoms with van der Waals surface area (Å²) in [7, 11) is 0. The maximum Gasteiger partial charge on any atom is 0.411 e. The van der Waals surface area contributed by atoms with E-state index in [2.05, 4.69) is 26.0 Å². The molecule has 7 heteroatoms. The zero-order valence-electron chi connectivity index (χ0n) is 10.6. The molecule has 3 nitrogen and oxygen atoms in total. The van der Waals surface area contributed by atoms with E-state index < -0.39 is 12.8 Å². The predicted molar refractivity (Wildman–Crippen MR) is 69.2 cm³/mol. The monoisotopic (exact) mass is 345 g/mol. The summed E-state index contributed by atoms with van der Waals surface area (Å²) in [5.74, 6) is 0.175. The highest BCUT2D eigenvalue weighted by Crippen LogP contribution is 2.25. The van der Waals surface area contributed by atoms with Crippen LogP contribution in [0.5, 0.6) is 0 Å². The zero-order chi connectivity index (χ0) is 14.3. The number of carbonyl (C=O) groups is 1. The van der Waals surface area contributed by atoms with E-state index in [-0.39, 0.29) is 25.0 Å². The van der Waals surface area contributed by atoms with E-state index in [0.717, 1.165) is 31.0 Å². The summed E-state index contributed by atoms with van der Waals surface area (Å²) < 4.78 is 39.9. The number of nitrogens with one attached hydrogen (secondary N) is 1. The van der Waals surface area contributed by atoms with Crippen molar-refractivity contribution in [1.82, 2.24) is 5.32 Å². The topological polar surface area (TPSA) is 38.3 Å². The van der Waals surface area contributed by atoms with Crippen molar-refractivity contribution in [2.24, 2.45) is 5.92 Å². The van der Waals surface area contributed by atoms with Gasteiger partial charge in [-0.3, -0.25) is 4.79 Å². The van der Waals surface area contributed by atoms with Gasteiger partial charge in [0, 0.05) is 17.8 Å². The minimum Gasteiger partial charge on any atom is -0.372 e. The first-order valence-electron chi connectivity index (χ1n) is 6.42. The number of carbonyl (C=O) groups excluding carboxylic acids is 1. The van der Waals surface area contributed by atoms with Gasteiger partial charge in [0.2, 0.25) is 5.91 Å². The number of amides is 1. The van der Waals surface area contributed by atoms with Gasteiger partial charge in [0.1, 0.15) is 6.61 Å². The summed E-state index contributed by atoms with van der Waals surface area (Å²) in [4.78, 5) is 11.6. The Morgan fingerprint density at radius 1 is 1.32 bits per heavy atom. The van der Waals surface area contributed by atoms with E-state index in [9.17, 15) is 18.0 Å². The van der Waals surface area contributed by atoms with Gasteiger partial charge in [0.05, 0.1) is 6.61 Å². The molecule has 1 aliphatic rings. The predicted octanol–water partition coefficient (Wildman–Crippen LogP) is 3.03. The second kappa shape index (κ2) is 8.09. The number of hydrogen-bond acceptors (Lipinski definition) is 2. The van der Waals surface area contributed by atoms with E-state index >= 15 is 0 Å². The third-order valence-corrected chi connectivity index (χ3v) is 4.02. The summed E-state index contributed by atoms with van der Waals surface area (Å²) in [5.41, 5.74) is 0. The molecule has 0 aromatic rings. The Bertz CT molecular complexity index is 287. The highest BCUT2D eigenvalue weighted by atomic mass is 79.9. The summed E-state index contributed by atoms with van der Waals surface area (Å²) >= 11 is 3.43. The normalized spacial score (nSPS) is 24.2. The van der Waals surface area contributed by atoms with Gasteiger partial charge in [-0.1, -0.05) is 28.8 Å². The van der Waals surface area contributed by atoms with Gasteiger partial charge < -0.3 is 10.1 Å². The van der Waals surface area contributed by atoms with Gasteiger partial charge in [-0.15, -0.1) is 0 Å². The maximum absolute atomic E-state index is 11.8. The minimum atomic E-state index is -4.33. The lowest BCUT2D eigenvalue weighted by Crippen LogP contribution is -2.43. The minimum absolute atomic E-state index is 0.0262. The molecule has 112 valence electrons. The molecular formula is C12H19BrF3NO2. The molecule has 1 amide bonds. The van der Waals surface area contributed by atoms with Crippen LogP contribution < -0.4 is 5.32 Å². The Morgan fingerprint density at radius 3 is 2.63 bits per heavy atom. The Hall–Kier alpha value is -0.300. The highest BCUT2D eigenvalue weighted by Gasteiger charge is 2.28. The van der Waals surface area contributed by atoms with E-state index in [4.69, 9.17) is 0 Å². The van der Waals surface area contributed by atoms with Crippen LogP contribution in [0, 0.1) is 5.92 Å². The molecule has 0 saturated heterocycles. The van der Waals surface area contributed by atoms with Gasteiger partial charge in [0.15, 0.2) is 0 Å². The molecule has 1 rings (SSSR count). The zero-order valence-corrected chi connectivity index (χ0v) is 12.2. The first-order valence-corrected chi connectivity index (χ1v) is 7.54. The van der Waals surface area contributed by atoms with Gasteiger partial charge in [-0.05, 0) is 18.8 Å². The standard InChI is InChI=1S/C12H19BrF3NO2/c13-7-9-3-1-2-4-10(9)17-11(18)5-6-19-8-12(14,15)16/h9-10H,1-8H2,(H,17,18). The molecule has 0 aromatic carbocycles. The summed E-state index contributed by atoms with van der Waals surface area (Å²) in [6.45, 7) is -1.50. The molecule has 2 atom stereocenters. The van der Waals surface area contributed by atoms with E-state index in [0.29, 0.717) is 5.92 Å².